The van der Waals surface area contributed by atoms with Gasteiger partial charge < -0.3 is 0 Å². The number of halogens is 1. The van der Waals surface area contributed by atoms with Gasteiger partial charge in [0.15, 0.2) is 0 Å². The summed E-state index contributed by atoms with van der Waals surface area (Å²) in [5, 5.41) is 3.31. The second-order valence-corrected chi connectivity index (χ2v) is 21.9. The van der Waals surface area contributed by atoms with Crippen molar-refractivity contribution in [3.63, 3.8) is 0 Å². The van der Waals surface area contributed by atoms with E-state index in [1.54, 1.807) is 10.6 Å². The quantitative estimate of drug-likeness (QED) is 0.573. The summed E-state index contributed by atoms with van der Waals surface area (Å²) in [6.07, 6.45) is 0. The maximum absolute atomic E-state index is 2.67. The topological polar surface area (TPSA) is 0 Å². The molecule has 0 aliphatic heterocycles. The fraction of sp³-hybridized carbons (Fsp3) is 0.455. The Kier molecular flexibility index (Phi) is 4.01. The molecule has 14 heavy (non-hydrogen) atoms. The second-order valence-electron chi connectivity index (χ2n) is 5.27. The van der Waals surface area contributed by atoms with Gasteiger partial charge in [-0.15, -0.1) is 0 Å². The van der Waals surface area contributed by atoms with Crippen molar-refractivity contribution in [2.45, 2.75) is 0 Å². The summed E-state index contributed by atoms with van der Waals surface area (Å²) < 4.78 is 0. The van der Waals surface area contributed by atoms with E-state index in [1.807, 2.05) is 0 Å². The number of benzene rings is 1. The van der Waals surface area contributed by atoms with E-state index in [4.69, 9.17) is 0 Å². The van der Waals surface area contributed by atoms with Crippen LogP contribution in [0.1, 0.15) is 0 Å². The van der Waals surface area contributed by atoms with Crippen LogP contribution in [0.5, 0.6) is 0 Å². The fourth-order valence-corrected chi connectivity index (χ4v) is 8.60. The number of hydrogen-bond acceptors (Lipinski definition) is 0. The fourth-order valence-electron chi connectivity index (χ4n) is 1.66. The van der Waals surface area contributed by atoms with E-state index in [0.29, 0.717) is 0 Å². The van der Waals surface area contributed by atoms with Crippen LogP contribution in [0.15, 0.2) is 24.3 Å². The molecule has 0 atom stereocenters. The van der Waals surface area contributed by atoms with Crippen molar-refractivity contribution >= 4 is 44.8 Å². The van der Waals surface area contributed by atoms with Gasteiger partial charge in [-0.25, -0.2) is 0 Å². The summed E-state index contributed by atoms with van der Waals surface area (Å²) >= 11 is 2.67. The number of rotatable bonds is 2. The third-order valence-electron chi connectivity index (χ3n) is 2.38. The van der Waals surface area contributed by atoms with E-state index in [-0.39, 0.29) is 0 Å². The summed E-state index contributed by atoms with van der Waals surface area (Å²) in [5.74, 6) is 0. The average molecular weight is 342 g/mol. The molecule has 0 radical (unpaired) electrons. The van der Waals surface area contributed by atoms with Crippen LogP contribution in [-0.2, 0) is 0 Å². The Balaban J connectivity index is 3.31. The summed E-state index contributed by atoms with van der Waals surface area (Å²) in [6.45, 7) is 12.1. The predicted octanol–water partition coefficient (Wildman–Crippen LogP) is 2.94. The van der Waals surface area contributed by atoms with Crippen molar-refractivity contribution in [1.29, 1.82) is 0 Å². The van der Waals surface area contributed by atoms with Crippen molar-refractivity contribution in [2.24, 2.45) is 0 Å². The first-order chi connectivity index (χ1) is 6.23. The van der Waals surface area contributed by atoms with Gasteiger partial charge in [-0.3, -0.25) is 0 Å². The Morgan fingerprint density at radius 3 is 1.57 bits per heavy atom. The Labute approximate surface area is 102 Å². The molecule has 0 aliphatic rings. The van der Waals surface area contributed by atoms with E-state index < -0.39 is 12.2 Å². The van der Waals surface area contributed by atoms with Crippen molar-refractivity contribution in [3.05, 3.63) is 24.3 Å². The van der Waals surface area contributed by atoms with E-state index in [2.05, 4.69) is 79.6 Å². The molecule has 0 N–H and O–H groups in total. The molecule has 1 rings (SSSR count). The van der Waals surface area contributed by atoms with E-state index >= 15 is 0 Å². The normalized spacial score (nSPS) is 15.3. The zero-order chi connectivity index (χ0) is 11.0. The zero-order valence-electron chi connectivity index (χ0n) is 9.69. The summed E-state index contributed by atoms with van der Waals surface area (Å²) in [5.41, 5.74) is 0. The van der Waals surface area contributed by atoms with Crippen LogP contribution in [0.3, 0.4) is 0 Å². The van der Waals surface area contributed by atoms with Crippen LogP contribution in [0.4, 0.5) is 0 Å². The molecule has 0 saturated heterocycles. The standard InChI is InChI=1S/C11H21IP2/c1-13(2,3)10-8-6-7-9-11(10)14(4,5)12/h6-9,13-14H,1-5H3. The molecule has 0 fully saturated rings. The summed E-state index contributed by atoms with van der Waals surface area (Å²) in [6, 6.07) is 9.06. The molecule has 0 spiro atoms. The maximum atomic E-state index is 2.67. The molecule has 0 aromatic heterocycles. The molecular weight excluding hydrogens is 321 g/mol. The average Bonchev–Trinajstić information content (AvgIpc) is 2.01. The SMILES string of the molecule is C[PH](C)(C)c1ccccc1[PH](C)(C)I. The van der Waals surface area contributed by atoms with Gasteiger partial charge in [0.25, 0.3) is 0 Å². The van der Waals surface area contributed by atoms with Crippen molar-refractivity contribution in [2.75, 3.05) is 33.3 Å². The molecule has 1 aromatic rings. The first kappa shape index (κ1) is 12.9. The van der Waals surface area contributed by atoms with Crippen LogP contribution < -0.4 is 10.6 Å². The molecular formula is C11H21IP2. The van der Waals surface area contributed by atoms with Crippen molar-refractivity contribution in [3.8, 4) is 0 Å². The molecule has 0 bridgehead atoms. The monoisotopic (exact) mass is 342 g/mol. The minimum atomic E-state index is -1.18. The van der Waals surface area contributed by atoms with Crippen LogP contribution in [0.25, 0.3) is 0 Å². The summed E-state index contributed by atoms with van der Waals surface area (Å²) in [4.78, 5) is -1.18. The third kappa shape index (κ3) is 3.15. The van der Waals surface area contributed by atoms with Gasteiger partial charge in [-0.1, -0.05) is 0 Å². The van der Waals surface area contributed by atoms with Gasteiger partial charge in [0.05, 0.1) is 0 Å². The molecule has 0 saturated carbocycles. The molecule has 82 valence electrons. The van der Waals surface area contributed by atoms with E-state index in [9.17, 15) is 0 Å². The van der Waals surface area contributed by atoms with Gasteiger partial charge in [0.1, 0.15) is 0 Å². The van der Waals surface area contributed by atoms with Crippen molar-refractivity contribution in [1.82, 2.24) is 0 Å². The van der Waals surface area contributed by atoms with Crippen molar-refractivity contribution < 1.29 is 0 Å². The predicted molar refractivity (Wildman–Crippen MR) is 86.0 cm³/mol. The Morgan fingerprint density at radius 1 is 0.857 bits per heavy atom. The second kappa shape index (κ2) is 4.36. The molecule has 0 amide bonds. The molecule has 0 heterocycles. The minimum absolute atomic E-state index is 1.16. The van der Waals surface area contributed by atoms with Gasteiger partial charge in [-0.2, -0.15) is 0 Å². The first-order valence-corrected chi connectivity index (χ1v) is 14.6. The van der Waals surface area contributed by atoms with Crippen LogP contribution >= 0.6 is 34.2 Å². The van der Waals surface area contributed by atoms with Gasteiger partial charge in [0.2, 0.25) is 0 Å². The third-order valence-corrected chi connectivity index (χ3v) is 8.14. The van der Waals surface area contributed by atoms with Crippen LogP contribution in [0, 0.1) is 0 Å². The Hall–Kier alpha value is 0.810. The van der Waals surface area contributed by atoms with Crippen LogP contribution in [-0.4, -0.2) is 33.3 Å². The zero-order valence-corrected chi connectivity index (χ0v) is 13.8. The van der Waals surface area contributed by atoms with Gasteiger partial charge in [-0.05, 0) is 0 Å². The number of hydrogen-bond donors (Lipinski definition) is 0. The molecule has 0 nitrogen and oxygen atoms in total. The Bertz CT molecular complexity index is 288. The summed E-state index contributed by atoms with van der Waals surface area (Å²) in [7, 11) is -1.16. The molecule has 1 aromatic carbocycles. The molecule has 3 heteroatoms. The van der Waals surface area contributed by atoms with Gasteiger partial charge >= 0.3 is 102 Å². The van der Waals surface area contributed by atoms with Crippen LogP contribution in [0.2, 0.25) is 0 Å². The first-order valence-electron chi connectivity index (χ1n) is 5.02. The van der Waals surface area contributed by atoms with E-state index in [0.717, 1.165) is 0 Å². The molecule has 0 unspecified atom stereocenters. The van der Waals surface area contributed by atoms with Gasteiger partial charge in [0, 0.05) is 0 Å². The Morgan fingerprint density at radius 2 is 1.29 bits per heavy atom. The molecule has 0 aliphatic carbocycles. The van der Waals surface area contributed by atoms with E-state index in [1.165, 1.54) is 0 Å².